The first-order chi connectivity index (χ1) is 24.8. The Balaban J connectivity index is 0.000000289. The van der Waals surface area contributed by atoms with Gasteiger partial charge < -0.3 is 14.4 Å². The normalized spacial score (nSPS) is 12.3. The minimum atomic E-state index is -1.62. The van der Waals surface area contributed by atoms with Crippen molar-refractivity contribution in [3.8, 4) is 33.6 Å². The molecule has 0 saturated heterocycles. The fourth-order valence-corrected chi connectivity index (χ4v) is 7.62. The van der Waals surface area contributed by atoms with Crippen LogP contribution < -0.4 is 0 Å². The third-order valence-electron chi connectivity index (χ3n) is 9.05. The molecule has 0 saturated carbocycles. The van der Waals surface area contributed by atoms with Crippen LogP contribution >= 0.6 is 11.3 Å². The van der Waals surface area contributed by atoms with Crippen molar-refractivity contribution in [2.24, 2.45) is 5.41 Å². The molecule has 0 atom stereocenters. The van der Waals surface area contributed by atoms with Gasteiger partial charge in [0.05, 0.1) is 5.58 Å². The summed E-state index contributed by atoms with van der Waals surface area (Å²) in [6, 6.07) is 34.9. The van der Waals surface area contributed by atoms with Crippen molar-refractivity contribution in [1.82, 2.24) is 9.97 Å². The van der Waals surface area contributed by atoms with Crippen LogP contribution in [0.25, 0.3) is 65.7 Å². The van der Waals surface area contributed by atoms with Gasteiger partial charge in [-0.2, -0.15) is 0 Å². The van der Waals surface area contributed by atoms with Gasteiger partial charge in [0.1, 0.15) is 5.58 Å². The van der Waals surface area contributed by atoms with Gasteiger partial charge in [-0.1, -0.05) is 74.2 Å². The zero-order valence-corrected chi connectivity index (χ0v) is 33.5. The summed E-state index contributed by atoms with van der Waals surface area (Å²) in [5, 5.41) is 3.26. The van der Waals surface area contributed by atoms with Crippen molar-refractivity contribution < 1.29 is 27.3 Å². The van der Waals surface area contributed by atoms with E-state index >= 15 is 0 Å². The summed E-state index contributed by atoms with van der Waals surface area (Å²) in [6.45, 7) is 16.3. The topological polar surface area (TPSA) is 38.9 Å². The van der Waals surface area contributed by atoms with E-state index in [2.05, 4.69) is 75.1 Å². The Hall–Kier alpha value is -4.41. The number of nitrogens with zero attached hydrogens (tertiary/aromatic N) is 2. The molecular weight excluding hydrogens is 821 g/mol. The molecule has 51 heavy (non-hydrogen) atoms. The molecular formula is C46H42IrN2OS-2. The van der Waals surface area contributed by atoms with E-state index in [0.717, 1.165) is 61.0 Å². The van der Waals surface area contributed by atoms with Crippen LogP contribution in [0.3, 0.4) is 0 Å². The van der Waals surface area contributed by atoms with Crippen LogP contribution in [0.5, 0.6) is 0 Å². The number of furan rings is 1. The minimum absolute atomic E-state index is 0. The maximum Gasteiger partial charge on any atom is 0.129 e. The molecule has 0 N–H and O–H groups in total. The standard InChI is InChI=1S/C34H32NOS.C12H10N.Ir/c1-19-10-8-11-20(2)30(19)27-18-35-28(16-23(27)17-34(5,6)7)26-13-9-12-24-25-14-15-29-31(21(3)22(4)37-29)33(25)36-32(24)26;1-10-7-8-12(13-9-10)11-5-3-2-4-6-11;/h8-12,14-16,18H,17H2,1-7H3;2-5,7-9H,1H3;/q2*-1;/i17D2;;. The second kappa shape index (κ2) is 14.7. The summed E-state index contributed by atoms with van der Waals surface area (Å²) < 4.78 is 26.4. The first kappa shape index (κ1) is 33.7. The van der Waals surface area contributed by atoms with E-state index in [1.54, 1.807) is 11.3 Å². The Bertz CT molecular complexity index is 2560. The molecule has 4 heterocycles. The Kier molecular flexibility index (Phi) is 9.70. The SMILES string of the molecule is Cc1ccc(-c2[c-]cccc2)nc1.[2H]C([2H])(c1cc(-c2[c-]ccc3c2oc2c3ccc3sc(C)c(C)c32)ncc1-c1c(C)cccc1C)C(C)(C)C.[Ir]. The number of pyridine rings is 2. The maximum atomic E-state index is 9.28. The number of rotatable bonds is 4. The van der Waals surface area contributed by atoms with E-state index in [9.17, 15) is 2.74 Å². The van der Waals surface area contributed by atoms with Gasteiger partial charge in [0, 0.05) is 61.2 Å². The molecule has 5 heteroatoms. The van der Waals surface area contributed by atoms with Crippen LogP contribution in [0.1, 0.15) is 56.2 Å². The van der Waals surface area contributed by atoms with Crippen molar-refractivity contribution in [3.05, 3.63) is 142 Å². The smallest absolute Gasteiger partial charge is 0.129 e. The van der Waals surface area contributed by atoms with Crippen LogP contribution in [-0.4, -0.2) is 9.97 Å². The third kappa shape index (κ3) is 7.35. The fourth-order valence-electron chi connectivity index (χ4n) is 6.55. The molecule has 0 bridgehead atoms. The molecule has 1 radical (unpaired) electrons. The molecule has 4 aromatic heterocycles. The number of hydrogen-bond acceptors (Lipinski definition) is 4. The molecule has 0 fully saturated rings. The van der Waals surface area contributed by atoms with Gasteiger partial charge in [0.2, 0.25) is 0 Å². The van der Waals surface area contributed by atoms with E-state index in [0.29, 0.717) is 11.3 Å². The molecule has 0 spiro atoms. The van der Waals surface area contributed by atoms with Crippen molar-refractivity contribution in [2.75, 3.05) is 0 Å². The molecule has 3 nitrogen and oxygen atoms in total. The van der Waals surface area contributed by atoms with Gasteiger partial charge in [0.15, 0.2) is 0 Å². The molecule has 8 aromatic rings. The summed E-state index contributed by atoms with van der Waals surface area (Å²) in [6.07, 6.45) is 2.09. The average Bonchev–Trinajstić information content (AvgIpc) is 3.64. The number of benzene rings is 4. The number of aryl methyl sites for hydroxylation is 5. The zero-order chi connectivity index (χ0) is 36.9. The molecule has 4 aromatic carbocycles. The molecule has 0 unspecified atom stereocenters. The number of thiophene rings is 1. The Morgan fingerprint density at radius 2 is 1.51 bits per heavy atom. The van der Waals surface area contributed by atoms with Crippen molar-refractivity contribution in [2.45, 2.75) is 61.8 Å². The summed E-state index contributed by atoms with van der Waals surface area (Å²) in [5.74, 6) is 0. The van der Waals surface area contributed by atoms with E-state index in [4.69, 9.17) is 9.40 Å². The van der Waals surface area contributed by atoms with Crippen molar-refractivity contribution in [3.63, 3.8) is 0 Å². The summed E-state index contributed by atoms with van der Waals surface area (Å²) in [4.78, 5) is 10.5. The molecule has 0 aliphatic rings. The van der Waals surface area contributed by atoms with Gasteiger partial charge in [0.25, 0.3) is 0 Å². The predicted octanol–water partition coefficient (Wildman–Crippen LogP) is 13.0. The van der Waals surface area contributed by atoms with E-state index in [1.807, 2.05) is 94.7 Å². The van der Waals surface area contributed by atoms with Crippen LogP contribution in [0.15, 0.2) is 102 Å². The largest absolute Gasteiger partial charge is 0.500 e. The van der Waals surface area contributed by atoms with Crippen molar-refractivity contribution in [1.29, 1.82) is 0 Å². The molecule has 8 rings (SSSR count). The van der Waals surface area contributed by atoms with Gasteiger partial charge >= 0.3 is 0 Å². The summed E-state index contributed by atoms with van der Waals surface area (Å²) >= 11 is 1.79. The Morgan fingerprint density at radius 3 is 2.20 bits per heavy atom. The fraction of sp³-hybridized carbons (Fsp3) is 0.217. The second-order valence-corrected chi connectivity index (χ2v) is 15.3. The minimum Gasteiger partial charge on any atom is -0.500 e. The number of fused-ring (bicyclic) bond motifs is 5. The number of aromatic nitrogens is 2. The zero-order valence-electron chi connectivity index (χ0n) is 32.3. The molecule has 0 aliphatic heterocycles. The summed E-state index contributed by atoms with van der Waals surface area (Å²) in [7, 11) is 0. The molecule has 0 amide bonds. The van der Waals surface area contributed by atoms with Gasteiger partial charge in [-0.25, -0.2) is 0 Å². The van der Waals surface area contributed by atoms with Crippen LogP contribution in [-0.2, 0) is 26.5 Å². The Morgan fingerprint density at radius 1 is 0.765 bits per heavy atom. The van der Waals surface area contributed by atoms with Crippen LogP contribution in [0.4, 0.5) is 0 Å². The van der Waals surface area contributed by atoms with E-state index in [-0.39, 0.29) is 20.1 Å². The average molecular weight is 865 g/mol. The van der Waals surface area contributed by atoms with Gasteiger partial charge in [-0.05, 0) is 97.2 Å². The van der Waals surface area contributed by atoms with Crippen molar-refractivity contribution >= 4 is 43.4 Å². The Labute approximate surface area is 322 Å². The first-order valence-electron chi connectivity index (χ1n) is 18.0. The van der Waals surface area contributed by atoms with Crippen LogP contribution in [0.2, 0.25) is 0 Å². The molecule has 0 aliphatic carbocycles. The maximum absolute atomic E-state index is 9.28. The third-order valence-corrected chi connectivity index (χ3v) is 10.2. The first-order valence-corrected chi connectivity index (χ1v) is 17.8. The summed E-state index contributed by atoms with van der Waals surface area (Å²) in [5.41, 5.74) is 11.6. The quantitative estimate of drug-likeness (QED) is 0.165. The van der Waals surface area contributed by atoms with Gasteiger partial charge in [-0.3, -0.25) is 0 Å². The second-order valence-electron chi connectivity index (χ2n) is 14.1. The van der Waals surface area contributed by atoms with Crippen LogP contribution in [0, 0.1) is 52.2 Å². The molecule has 259 valence electrons. The van der Waals surface area contributed by atoms with E-state index < -0.39 is 11.8 Å². The predicted molar refractivity (Wildman–Crippen MR) is 212 cm³/mol. The van der Waals surface area contributed by atoms with Gasteiger partial charge in [-0.15, -0.1) is 65.4 Å². The monoisotopic (exact) mass is 865 g/mol. The van der Waals surface area contributed by atoms with E-state index in [1.165, 1.54) is 26.1 Å². The number of hydrogen-bond donors (Lipinski definition) is 0.